The van der Waals surface area contributed by atoms with Gasteiger partial charge in [0.05, 0.1) is 15.1 Å². The molecule has 0 saturated heterocycles. The number of hydrogen-bond donors (Lipinski definition) is 2. The molecule has 0 bridgehead atoms. The van der Waals surface area contributed by atoms with Crippen LogP contribution in [0.1, 0.15) is 19.8 Å². The zero-order chi connectivity index (χ0) is 14.7. The van der Waals surface area contributed by atoms with Crippen LogP contribution >= 0.6 is 11.3 Å². The molecule has 7 nitrogen and oxygen atoms in total. The average molecular weight is 295 g/mol. The number of carboxylic acids is 1. The summed E-state index contributed by atoms with van der Waals surface area (Å²) in [6.45, 7) is 1.86. The van der Waals surface area contributed by atoms with Crippen LogP contribution in [0, 0.1) is 10.1 Å². The van der Waals surface area contributed by atoms with Gasteiger partial charge in [-0.25, -0.2) is 9.78 Å². The highest BCUT2D eigenvalue weighted by Crippen LogP contribution is 2.34. The predicted molar refractivity (Wildman–Crippen MR) is 76.2 cm³/mol. The molecular weight excluding hydrogens is 282 g/mol. The van der Waals surface area contributed by atoms with Crippen molar-refractivity contribution in [1.82, 2.24) is 4.98 Å². The van der Waals surface area contributed by atoms with E-state index in [0.717, 1.165) is 0 Å². The van der Waals surface area contributed by atoms with Gasteiger partial charge in [-0.1, -0.05) is 13.3 Å². The quantitative estimate of drug-likeness (QED) is 0.627. The van der Waals surface area contributed by atoms with Crippen LogP contribution in [0.4, 0.5) is 11.4 Å². The monoisotopic (exact) mass is 295 g/mol. The molecule has 8 heteroatoms. The maximum Gasteiger partial charge on any atom is 0.326 e. The molecule has 1 aromatic heterocycles. The maximum absolute atomic E-state index is 11.2. The van der Waals surface area contributed by atoms with Crippen LogP contribution in [0.5, 0.6) is 0 Å². The number of carboxylic acid groups (broad SMARTS) is 1. The molecule has 0 amide bonds. The van der Waals surface area contributed by atoms with Crippen LogP contribution < -0.4 is 5.32 Å². The number of nitrogens with zero attached hydrogens (tertiary/aromatic N) is 2. The second-order valence-corrected chi connectivity index (χ2v) is 5.13. The topological polar surface area (TPSA) is 105 Å². The van der Waals surface area contributed by atoms with Gasteiger partial charge in [0.25, 0.3) is 0 Å². The summed E-state index contributed by atoms with van der Waals surface area (Å²) in [5, 5.41) is 23.1. The molecule has 0 radical (unpaired) electrons. The molecular formula is C12H13N3O4S. The Morgan fingerprint density at radius 3 is 2.95 bits per heavy atom. The number of nitro groups is 1. The van der Waals surface area contributed by atoms with E-state index in [-0.39, 0.29) is 16.9 Å². The Morgan fingerprint density at radius 1 is 1.60 bits per heavy atom. The number of carbonyl (C=O) groups is 1. The highest BCUT2D eigenvalue weighted by Gasteiger charge is 2.24. The first-order valence-corrected chi connectivity index (χ1v) is 6.92. The van der Waals surface area contributed by atoms with Gasteiger partial charge in [0, 0.05) is 0 Å². The summed E-state index contributed by atoms with van der Waals surface area (Å²) >= 11 is 1.30. The predicted octanol–water partition coefficient (Wildman–Crippen LogP) is 2.87. The lowest BCUT2D eigenvalue weighted by Gasteiger charge is -2.14. The summed E-state index contributed by atoms with van der Waals surface area (Å²) in [6, 6.07) is 2.38. The van der Waals surface area contributed by atoms with E-state index in [1.165, 1.54) is 22.9 Å². The highest BCUT2D eigenvalue weighted by molar-refractivity contribution is 7.16. The van der Waals surface area contributed by atoms with Crippen molar-refractivity contribution < 1.29 is 14.8 Å². The normalized spacial score (nSPS) is 12.2. The number of anilines is 1. The Hall–Kier alpha value is -2.22. The van der Waals surface area contributed by atoms with Crippen molar-refractivity contribution >= 4 is 38.9 Å². The number of rotatable bonds is 6. The lowest BCUT2D eigenvalue weighted by molar-refractivity contribution is -0.382. The van der Waals surface area contributed by atoms with E-state index < -0.39 is 16.9 Å². The minimum absolute atomic E-state index is 0.175. The van der Waals surface area contributed by atoms with Crippen molar-refractivity contribution in [3.63, 3.8) is 0 Å². The Bertz CT molecular complexity index is 655. The number of aromatic nitrogens is 1. The molecule has 0 saturated carbocycles. The smallest absolute Gasteiger partial charge is 0.326 e. The molecule has 0 spiro atoms. The molecule has 106 valence electrons. The van der Waals surface area contributed by atoms with Crippen LogP contribution in [-0.4, -0.2) is 27.0 Å². The third kappa shape index (κ3) is 2.69. The van der Waals surface area contributed by atoms with E-state index in [1.54, 1.807) is 6.07 Å². The summed E-state index contributed by atoms with van der Waals surface area (Å²) in [4.78, 5) is 25.8. The number of nitrogens with one attached hydrogen (secondary N) is 1. The van der Waals surface area contributed by atoms with Gasteiger partial charge in [-0.15, -0.1) is 11.3 Å². The van der Waals surface area contributed by atoms with Crippen LogP contribution in [0.25, 0.3) is 10.2 Å². The summed E-state index contributed by atoms with van der Waals surface area (Å²) in [6.07, 6.45) is 1.05. The first-order valence-electron chi connectivity index (χ1n) is 6.04. The second kappa shape index (κ2) is 5.83. The summed E-state index contributed by atoms with van der Waals surface area (Å²) in [5.74, 6) is -1.03. The molecule has 0 aliphatic heterocycles. The summed E-state index contributed by atoms with van der Waals surface area (Å²) in [7, 11) is 0. The summed E-state index contributed by atoms with van der Waals surface area (Å²) in [5.41, 5.74) is 1.83. The van der Waals surface area contributed by atoms with Crippen LogP contribution in [0.2, 0.25) is 0 Å². The number of benzene rings is 1. The average Bonchev–Trinajstić information content (AvgIpc) is 2.85. The Kier molecular flexibility index (Phi) is 4.14. The SMILES string of the molecule is CCCC(Nc1ccc2scnc2c1[N+](=O)[O-])C(=O)O. The highest BCUT2D eigenvalue weighted by atomic mass is 32.1. The fourth-order valence-electron chi connectivity index (χ4n) is 1.95. The molecule has 1 unspecified atom stereocenters. The molecule has 0 aliphatic carbocycles. The number of fused-ring (bicyclic) bond motifs is 1. The molecule has 0 aliphatic rings. The number of thiazole rings is 1. The fourth-order valence-corrected chi connectivity index (χ4v) is 2.63. The molecule has 20 heavy (non-hydrogen) atoms. The van der Waals surface area contributed by atoms with Gasteiger partial charge >= 0.3 is 11.7 Å². The number of nitro benzene ring substituents is 1. The largest absolute Gasteiger partial charge is 0.480 e. The first-order chi connectivity index (χ1) is 9.54. The van der Waals surface area contributed by atoms with Gasteiger partial charge in [-0.3, -0.25) is 10.1 Å². The Balaban J connectivity index is 2.45. The molecule has 2 N–H and O–H groups in total. The number of aliphatic carboxylic acids is 1. The van der Waals surface area contributed by atoms with Gasteiger partial charge < -0.3 is 10.4 Å². The Morgan fingerprint density at radius 2 is 2.35 bits per heavy atom. The molecule has 1 atom stereocenters. The summed E-state index contributed by atoms with van der Waals surface area (Å²) < 4.78 is 0.699. The van der Waals surface area contributed by atoms with E-state index >= 15 is 0 Å². The zero-order valence-corrected chi connectivity index (χ0v) is 11.5. The second-order valence-electron chi connectivity index (χ2n) is 4.24. The molecule has 2 aromatic rings. The van der Waals surface area contributed by atoms with Gasteiger partial charge in [-0.2, -0.15) is 0 Å². The molecule has 1 heterocycles. The van der Waals surface area contributed by atoms with Crippen molar-refractivity contribution in [1.29, 1.82) is 0 Å². The molecule has 2 rings (SSSR count). The van der Waals surface area contributed by atoms with Gasteiger partial charge in [0.15, 0.2) is 5.52 Å². The fraction of sp³-hybridized carbons (Fsp3) is 0.333. The van der Waals surface area contributed by atoms with E-state index in [4.69, 9.17) is 5.11 Å². The van der Waals surface area contributed by atoms with Crippen molar-refractivity contribution in [3.05, 3.63) is 27.8 Å². The van der Waals surface area contributed by atoms with E-state index in [0.29, 0.717) is 17.5 Å². The third-order valence-electron chi connectivity index (χ3n) is 2.86. The molecule has 0 fully saturated rings. The lowest BCUT2D eigenvalue weighted by atomic mass is 10.1. The van der Waals surface area contributed by atoms with Gasteiger partial charge in [-0.05, 0) is 18.6 Å². The van der Waals surface area contributed by atoms with E-state index in [1.807, 2.05) is 6.92 Å². The lowest BCUT2D eigenvalue weighted by Crippen LogP contribution is -2.29. The van der Waals surface area contributed by atoms with Crippen LogP contribution in [0.15, 0.2) is 17.6 Å². The maximum atomic E-state index is 11.2. The van der Waals surface area contributed by atoms with Crippen molar-refractivity contribution in [2.75, 3.05) is 5.32 Å². The van der Waals surface area contributed by atoms with Crippen molar-refractivity contribution in [3.8, 4) is 0 Å². The van der Waals surface area contributed by atoms with Gasteiger partial charge in [0.1, 0.15) is 11.7 Å². The molecule has 1 aromatic carbocycles. The van der Waals surface area contributed by atoms with Crippen LogP contribution in [-0.2, 0) is 4.79 Å². The third-order valence-corrected chi connectivity index (χ3v) is 3.66. The van der Waals surface area contributed by atoms with Crippen molar-refractivity contribution in [2.45, 2.75) is 25.8 Å². The van der Waals surface area contributed by atoms with E-state index in [2.05, 4.69) is 10.3 Å². The first kappa shape index (κ1) is 14.2. The van der Waals surface area contributed by atoms with E-state index in [9.17, 15) is 14.9 Å². The Labute approximate surface area is 118 Å². The van der Waals surface area contributed by atoms with Crippen LogP contribution in [0.3, 0.4) is 0 Å². The number of hydrogen-bond acceptors (Lipinski definition) is 6. The minimum Gasteiger partial charge on any atom is -0.480 e. The van der Waals surface area contributed by atoms with Crippen molar-refractivity contribution in [2.24, 2.45) is 0 Å². The minimum atomic E-state index is -1.03. The zero-order valence-electron chi connectivity index (χ0n) is 10.7. The standard InChI is InChI=1S/C12H13N3O4S/c1-2-3-8(12(16)17)14-7-4-5-9-10(13-6-20-9)11(7)15(18)19/h4-6,8,14H,2-3H2,1H3,(H,16,17). The van der Waals surface area contributed by atoms with Gasteiger partial charge in [0.2, 0.25) is 0 Å².